The van der Waals surface area contributed by atoms with Crippen LogP contribution in [0.4, 0.5) is 0 Å². The number of nitrogens with zero attached hydrogens (tertiary/aromatic N) is 1. The molecule has 11 nitrogen and oxygen atoms in total. The number of carbonyl (C=O) groups is 3. The van der Waals surface area contributed by atoms with Gasteiger partial charge in [0.2, 0.25) is 11.8 Å². The Hall–Kier alpha value is -3.70. The van der Waals surface area contributed by atoms with E-state index in [9.17, 15) is 24.6 Å². The highest BCUT2D eigenvalue weighted by molar-refractivity contribution is 5.92. The lowest BCUT2D eigenvalue weighted by Crippen LogP contribution is -2.58. The summed E-state index contributed by atoms with van der Waals surface area (Å²) in [4.78, 5) is 46.7. The smallest absolute Gasteiger partial charge is 0.326 e. The van der Waals surface area contributed by atoms with Crippen LogP contribution in [-0.2, 0) is 27.2 Å². The van der Waals surface area contributed by atoms with Gasteiger partial charge in [-0.05, 0) is 18.6 Å². The molecule has 11 heteroatoms. The maximum Gasteiger partial charge on any atom is 0.326 e. The third-order valence-electron chi connectivity index (χ3n) is 5.11. The molecule has 2 aromatic heterocycles. The van der Waals surface area contributed by atoms with Gasteiger partial charge in [0.1, 0.15) is 12.1 Å². The molecule has 0 saturated carbocycles. The molecule has 170 valence electrons. The first-order valence-electron chi connectivity index (χ1n) is 10.1. The quantitative estimate of drug-likeness (QED) is 0.219. The normalized spacial score (nSPS) is 15.0. The molecule has 0 aliphatic rings. The van der Waals surface area contributed by atoms with Crippen molar-refractivity contribution in [1.29, 1.82) is 0 Å². The number of H-pyrrole nitrogens is 2. The zero-order chi connectivity index (χ0) is 23.3. The lowest BCUT2D eigenvalue weighted by atomic mass is 10.0. The van der Waals surface area contributed by atoms with Crippen LogP contribution < -0.4 is 16.4 Å². The lowest BCUT2D eigenvalue weighted by Gasteiger charge is -2.24. The van der Waals surface area contributed by atoms with Crippen LogP contribution in [-0.4, -0.2) is 67.2 Å². The Balaban J connectivity index is 1.67. The number of hydrogen-bond donors (Lipinski definition) is 7. The summed E-state index contributed by atoms with van der Waals surface area (Å²) in [5.74, 6) is -2.73. The number of aromatic nitrogens is 3. The maximum atomic E-state index is 12.8. The van der Waals surface area contributed by atoms with Crippen LogP contribution in [0.1, 0.15) is 18.2 Å². The minimum atomic E-state index is -1.37. The summed E-state index contributed by atoms with van der Waals surface area (Å²) in [6, 6.07) is 3.76. The number of amides is 2. The van der Waals surface area contributed by atoms with Crippen molar-refractivity contribution in [3.63, 3.8) is 0 Å². The van der Waals surface area contributed by atoms with Crippen LogP contribution in [0.3, 0.4) is 0 Å². The third-order valence-corrected chi connectivity index (χ3v) is 5.11. The third kappa shape index (κ3) is 5.50. The number of aliphatic hydroxyl groups excluding tert-OH is 1. The van der Waals surface area contributed by atoms with Crippen LogP contribution in [0.2, 0.25) is 0 Å². The molecule has 2 amide bonds. The topological polar surface area (TPSA) is 186 Å². The Morgan fingerprint density at radius 1 is 1.12 bits per heavy atom. The number of carboxylic acid groups (broad SMARTS) is 1. The van der Waals surface area contributed by atoms with E-state index in [4.69, 9.17) is 5.73 Å². The Labute approximate surface area is 183 Å². The number of nitrogens with two attached hydrogens (primary N) is 1. The number of nitrogens with one attached hydrogen (secondary N) is 4. The van der Waals surface area contributed by atoms with Gasteiger partial charge in [-0.1, -0.05) is 18.2 Å². The van der Waals surface area contributed by atoms with Crippen molar-refractivity contribution in [1.82, 2.24) is 25.6 Å². The molecule has 0 bridgehead atoms. The second-order valence-electron chi connectivity index (χ2n) is 7.58. The first-order chi connectivity index (χ1) is 15.3. The molecule has 4 unspecified atom stereocenters. The van der Waals surface area contributed by atoms with E-state index in [0.717, 1.165) is 10.9 Å². The maximum absolute atomic E-state index is 12.8. The molecule has 1 aromatic carbocycles. The molecule has 8 N–H and O–H groups in total. The number of hydrogen-bond acceptors (Lipinski definition) is 6. The Morgan fingerprint density at radius 3 is 2.53 bits per heavy atom. The summed E-state index contributed by atoms with van der Waals surface area (Å²) < 4.78 is 0. The molecule has 2 heterocycles. The van der Waals surface area contributed by atoms with Gasteiger partial charge in [0.15, 0.2) is 0 Å². The highest BCUT2D eigenvalue weighted by Gasteiger charge is 2.31. The van der Waals surface area contributed by atoms with Crippen molar-refractivity contribution in [3.8, 4) is 0 Å². The number of aliphatic carboxylic acids is 1. The Bertz CT molecular complexity index is 1080. The van der Waals surface area contributed by atoms with E-state index in [1.807, 2.05) is 24.3 Å². The number of carboxylic acids is 1. The van der Waals surface area contributed by atoms with Gasteiger partial charge >= 0.3 is 5.97 Å². The largest absolute Gasteiger partial charge is 0.480 e. The predicted molar refractivity (Wildman–Crippen MR) is 115 cm³/mol. The molecule has 0 spiro atoms. The minimum Gasteiger partial charge on any atom is -0.480 e. The van der Waals surface area contributed by atoms with Crippen molar-refractivity contribution in [2.75, 3.05) is 0 Å². The Morgan fingerprint density at radius 2 is 1.88 bits per heavy atom. The molecule has 0 saturated heterocycles. The van der Waals surface area contributed by atoms with Gasteiger partial charge in [-0.3, -0.25) is 9.59 Å². The number of benzene rings is 1. The highest BCUT2D eigenvalue weighted by Crippen LogP contribution is 2.19. The fraction of sp³-hybridized carbons (Fsp3) is 0.333. The number of carbonyl (C=O) groups excluding carboxylic acids is 2. The van der Waals surface area contributed by atoms with E-state index in [1.165, 1.54) is 19.4 Å². The van der Waals surface area contributed by atoms with Crippen LogP contribution in [0.5, 0.6) is 0 Å². The van der Waals surface area contributed by atoms with Crippen LogP contribution >= 0.6 is 0 Å². The van der Waals surface area contributed by atoms with Crippen LogP contribution in [0.25, 0.3) is 10.9 Å². The fourth-order valence-corrected chi connectivity index (χ4v) is 3.37. The monoisotopic (exact) mass is 442 g/mol. The van der Waals surface area contributed by atoms with Gasteiger partial charge in [0, 0.05) is 41.8 Å². The summed E-state index contributed by atoms with van der Waals surface area (Å²) in [5, 5.41) is 25.3. The molecule has 0 aliphatic carbocycles. The first-order valence-corrected chi connectivity index (χ1v) is 10.1. The van der Waals surface area contributed by atoms with E-state index in [1.54, 1.807) is 6.20 Å². The van der Waals surface area contributed by atoms with Crippen molar-refractivity contribution in [2.45, 2.75) is 44.0 Å². The molecule has 0 radical (unpaired) electrons. The SMILES string of the molecule is CC(O)C(NC(=O)C(N)Cc1cnc[nH]1)C(=O)NC(Cc1c[nH]c2ccccc12)C(=O)O. The van der Waals surface area contributed by atoms with Crippen LogP contribution in [0.15, 0.2) is 43.0 Å². The predicted octanol–water partition coefficient (Wildman–Crippen LogP) is -0.561. The van der Waals surface area contributed by atoms with Crippen molar-refractivity contribution in [3.05, 3.63) is 54.2 Å². The number of fused-ring (bicyclic) bond motifs is 1. The van der Waals surface area contributed by atoms with E-state index in [-0.39, 0.29) is 12.8 Å². The Kier molecular flexibility index (Phi) is 7.23. The van der Waals surface area contributed by atoms with Gasteiger partial charge in [0.05, 0.1) is 18.5 Å². The average molecular weight is 442 g/mol. The van der Waals surface area contributed by atoms with E-state index in [0.29, 0.717) is 11.3 Å². The average Bonchev–Trinajstić information content (AvgIpc) is 3.41. The van der Waals surface area contributed by atoms with Gasteiger partial charge in [-0.25, -0.2) is 9.78 Å². The van der Waals surface area contributed by atoms with E-state index < -0.39 is 42.0 Å². The summed E-state index contributed by atoms with van der Waals surface area (Å²) in [5.41, 5.74) is 8.07. The number of para-hydroxylation sites is 1. The van der Waals surface area contributed by atoms with E-state index in [2.05, 4.69) is 25.6 Å². The molecule has 3 rings (SSSR count). The lowest BCUT2D eigenvalue weighted by molar-refractivity contribution is -0.142. The molecule has 32 heavy (non-hydrogen) atoms. The van der Waals surface area contributed by atoms with Crippen LogP contribution in [0, 0.1) is 0 Å². The van der Waals surface area contributed by atoms with Crippen molar-refractivity contribution < 1.29 is 24.6 Å². The van der Waals surface area contributed by atoms with Crippen molar-refractivity contribution in [2.24, 2.45) is 5.73 Å². The summed E-state index contributed by atoms with van der Waals surface area (Å²) in [6.45, 7) is 1.32. The summed E-state index contributed by atoms with van der Waals surface area (Å²) in [6.07, 6.45) is 3.55. The minimum absolute atomic E-state index is 0.0188. The number of rotatable bonds is 10. The molecule has 3 aromatic rings. The van der Waals surface area contributed by atoms with Gasteiger partial charge in [-0.15, -0.1) is 0 Å². The zero-order valence-electron chi connectivity index (χ0n) is 17.4. The molecular weight excluding hydrogens is 416 g/mol. The van der Waals surface area contributed by atoms with Gasteiger partial charge in [0.25, 0.3) is 0 Å². The standard InChI is InChI=1S/C21H26N6O5/c1-11(28)18(27-19(29)15(22)7-13-9-23-10-25-13)20(30)26-17(21(31)32)6-12-8-24-16-5-3-2-4-14(12)16/h2-5,8-11,15,17-18,24,28H,6-7,22H2,1H3,(H,23,25)(H,26,30)(H,27,29)(H,31,32). The number of aliphatic hydroxyl groups is 1. The van der Waals surface area contributed by atoms with E-state index >= 15 is 0 Å². The molecule has 4 atom stereocenters. The first kappa shape index (κ1) is 23.0. The molecular formula is C21H26N6O5. The highest BCUT2D eigenvalue weighted by atomic mass is 16.4. The second kappa shape index (κ2) is 10.1. The molecule has 0 aliphatic heterocycles. The second-order valence-corrected chi connectivity index (χ2v) is 7.58. The zero-order valence-corrected chi connectivity index (χ0v) is 17.4. The van der Waals surface area contributed by atoms with Gasteiger partial charge < -0.3 is 36.5 Å². The number of imidazole rings is 1. The summed E-state index contributed by atoms with van der Waals surface area (Å²) in [7, 11) is 0. The fourth-order valence-electron chi connectivity index (χ4n) is 3.37. The van der Waals surface area contributed by atoms with Gasteiger partial charge in [-0.2, -0.15) is 0 Å². The van der Waals surface area contributed by atoms with Crippen molar-refractivity contribution >= 4 is 28.7 Å². The summed E-state index contributed by atoms with van der Waals surface area (Å²) >= 11 is 0. The molecule has 0 fully saturated rings. The number of aromatic amines is 2.